The van der Waals surface area contributed by atoms with Gasteiger partial charge in [0, 0.05) is 22.5 Å². The minimum atomic E-state index is -0.155. The van der Waals surface area contributed by atoms with E-state index in [1.54, 1.807) is 0 Å². The Labute approximate surface area is 183 Å². The highest BCUT2D eigenvalue weighted by atomic mass is 35.5. The van der Waals surface area contributed by atoms with Gasteiger partial charge in [0.05, 0.1) is 6.04 Å². The first-order chi connectivity index (χ1) is 14.6. The van der Waals surface area contributed by atoms with E-state index in [0.717, 1.165) is 41.1 Å². The van der Waals surface area contributed by atoms with E-state index in [1.165, 1.54) is 30.4 Å². The van der Waals surface area contributed by atoms with E-state index in [-0.39, 0.29) is 11.9 Å². The second-order valence-electron chi connectivity index (χ2n) is 8.11. The minimum Gasteiger partial charge on any atom is -0.451 e. The minimum absolute atomic E-state index is 0.128. The van der Waals surface area contributed by atoms with Crippen LogP contribution in [0.2, 0.25) is 5.02 Å². The third-order valence-corrected chi connectivity index (χ3v) is 6.41. The van der Waals surface area contributed by atoms with Crippen molar-refractivity contribution in [1.29, 1.82) is 0 Å². The average molecular weight is 425 g/mol. The normalized spacial score (nSPS) is 16.0. The number of piperidine rings is 1. The maximum Gasteiger partial charge on any atom is 0.287 e. The summed E-state index contributed by atoms with van der Waals surface area (Å²) in [6.45, 7) is 6.72. The molecule has 30 heavy (non-hydrogen) atoms. The monoisotopic (exact) mass is 424 g/mol. The molecule has 4 rings (SSSR count). The number of nitrogens with zero attached hydrogens (tertiary/aromatic N) is 1. The number of halogens is 1. The lowest BCUT2D eigenvalue weighted by atomic mass is 10.0. The first-order valence-corrected chi connectivity index (χ1v) is 11.2. The molecule has 1 aromatic heterocycles. The number of carbonyl (C=O) groups excluding carboxylic acids is 1. The van der Waals surface area contributed by atoms with Crippen molar-refractivity contribution >= 4 is 28.5 Å². The number of benzene rings is 2. The molecule has 0 unspecified atom stereocenters. The number of rotatable bonds is 6. The molecule has 1 N–H and O–H groups in total. The molecule has 1 aliphatic rings. The molecule has 1 fully saturated rings. The van der Waals surface area contributed by atoms with E-state index in [2.05, 4.69) is 41.4 Å². The number of aryl methyl sites for hydroxylation is 2. The van der Waals surface area contributed by atoms with Crippen LogP contribution in [0, 0.1) is 6.92 Å². The number of likely N-dealkylation sites (tertiary alicyclic amines) is 1. The fourth-order valence-corrected chi connectivity index (χ4v) is 4.47. The maximum atomic E-state index is 13.0. The molecule has 3 aromatic rings. The predicted molar refractivity (Wildman–Crippen MR) is 122 cm³/mol. The zero-order valence-corrected chi connectivity index (χ0v) is 18.5. The molecule has 5 heteroatoms. The number of furan rings is 1. The molecule has 0 bridgehead atoms. The molecular formula is C25H29ClN2O2. The zero-order valence-electron chi connectivity index (χ0n) is 17.7. The van der Waals surface area contributed by atoms with Crippen LogP contribution in [0.4, 0.5) is 0 Å². The van der Waals surface area contributed by atoms with Gasteiger partial charge in [0.2, 0.25) is 0 Å². The van der Waals surface area contributed by atoms with Crippen molar-refractivity contribution < 1.29 is 9.21 Å². The Bertz CT molecular complexity index is 1020. The summed E-state index contributed by atoms with van der Waals surface area (Å²) in [5, 5.41) is 4.88. The molecule has 2 heterocycles. The van der Waals surface area contributed by atoms with Gasteiger partial charge in [-0.2, -0.15) is 0 Å². The van der Waals surface area contributed by atoms with E-state index >= 15 is 0 Å². The Kier molecular flexibility index (Phi) is 6.45. The van der Waals surface area contributed by atoms with Crippen molar-refractivity contribution in [2.75, 3.05) is 19.6 Å². The first-order valence-electron chi connectivity index (χ1n) is 10.9. The van der Waals surface area contributed by atoms with Gasteiger partial charge in [-0.1, -0.05) is 43.1 Å². The Balaban J connectivity index is 1.54. The van der Waals surface area contributed by atoms with Crippen molar-refractivity contribution in [2.45, 2.75) is 45.6 Å². The fraction of sp³-hybridized carbons (Fsp3) is 0.400. The molecule has 0 spiro atoms. The van der Waals surface area contributed by atoms with E-state index < -0.39 is 0 Å². The van der Waals surface area contributed by atoms with Crippen LogP contribution < -0.4 is 5.32 Å². The molecule has 1 amide bonds. The molecule has 1 atom stereocenters. The standard InChI is InChI=1S/C25H29ClN2O2/c1-3-18-7-12-23-21(15-18)17(2)24(30-23)25(29)27-16-22(28-13-5-4-6-14-28)19-8-10-20(26)11-9-19/h7-12,15,22H,3-6,13-14,16H2,1-2H3,(H,27,29)/t22-/m1/s1. The maximum absolute atomic E-state index is 13.0. The van der Waals surface area contributed by atoms with Gasteiger partial charge in [-0.3, -0.25) is 9.69 Å². The Hall–Kier alpha value is -2.30. The van der Waals surface area contributed by atoms with Gasteiger partial charge >= 0.3 is 0 Å². The second kappa shape index (κ2) is 9.23. The topological polar surface area (TPSA) is 45.5 Å². The fourth-order valence-electron chi connectivity index (χ4n) is 4.35. The Morgan fingerprint density at radius 3 is 2.57 bits per heavy atom. The average Bonchev–Trinajstić information content (AvgIpc) is 3.11. The van der Waals surface area contributed by atoms with Crippen molar-refractivity contribution in [2.24, 2.45) is 0 Å². The van der Waals surface area contributed by atoms with Crippen LogP contribution in [0.5, 0.6) is 0 Å². The summed E-state index contributed by atoms with van der Waals surface area (Å²) in [6, 6.07) is 14.2. The van der Waals surface area contributed by atoms with E-state index in [4.69, 9.17) is 16.0 Å². The molecule has 1 saturated heterocycles. The third kappa shape index (κ3) is 4.40. The molecular weight excluding hydrogens is 396 g/mol. The lowest BCUT2D eigenvalue weighted by molar-refractivity contribution is 0.0898. The summed E-state index contributed by atoms with van der Waals surface area (Å²) >= 11 is 6.09. The summed E-state index contributed by atoms with van der Waals surface area (Å²) < 4.78 is 5.92. The third-order valence-electron chi connectivity index (χ3n) is 6.16. The van der Waals surface area contributed by atoms with Crippen LogP contribution in [0.25, 0.3) is 11.0 Å². The lowest BCUT2D eigenvalue weighted by Crippen LogP contribution is -2.40. The number of amides is 1. The second-order valence-corrected chi connectivity index (χ2v) is 8.55. The van der Waals surface area contributed by atoms with Crippen LogP contribution in [-0.4, -0.2) is 30.4 Å². The molecule has 158 valence electrons. The van der Waals surface area contributed by atoms with Gasteiger partial charge in [-0.15, -0.1) is 0 Å². The highest BCUT2D eigenvalue weighted by Crippen LogP contribution is 2.28. The van der Waals surface area contributed by atoms with E-state index in [0.29, 0.717) is 12.3 Å². The van der Waals surface area contributed by atoms with Gasteiger partial charge in [-0.05, 0) is 74.7 Å². The van der Waals surface area contributed by atoms with Gasteiger partial charge in [0.1, 0.15) is 5.58 Å². The van der Waals surface area contributed by atoms with Crippen molar-refractivity contribution in [1.82, 2.24) is 10.2 Å². The summed E-state index contributed by atoms with van der Waals surface area (Å²) in [5.41, 5.74) is 4.08. The van der Waals surface area contributed by atoms with Crippen LogP contribution in [-0.2, 0) is 6.42 Å². The van der Waals surface area contributed by atoms with Gasteiger partial charge in [-0.25, -0.2) is 0 Å². The van der Waals surface area contributed by atoms with Gasteiger partial charge in [0.25, 0.3) is 5.91 Å². The molecule has 1 aliphatic heterocycles. The molecule has 0 radical (unpaired) electrons. The molecule has 0 aliphatic carbocycles. The van der Waals surface area contributed by atoms with E-state index in [9.17, 15) is 4.79 Å². The summed E-state index contributed by atoms with van der Waals surface area (Å²) in [5.74, 6) is 0.254. The molecule has 4 nitrogen and oxygen atoms in total. The number of fused-ring (bicyclic) bond motifs is 1. The van der Waals surface area contributed by atoms with Crippen LogP contribution >= 0.6 is 11.6 Å². The van der Waals surface area contributed by atoms with Gasteiger partial charge < -0.3 is 9.73 Å². The number of hydrogen-bond donors (Lipinski definition) is 1. The van der Waals surface area contributed by atoms with Crippen molar-refractivity contribution in [3.05, 3.63) is 69.9 Å². The van der Waals surface area contributed by atoms with Gasteiger partial charge in [0.15, 0.2) is 5.76 Å². The van der Waals surface area contributed by atoms with Crippen molar-refractivity contribution in [3.63, 3.8) is 0 Å². The lowest BCUT2D eigenvalue weighted by Gasteiger charge is -2.35. The highest BCUT2D eigenvalue weighted by molar-refractivity contribution is 6.30. The number of carbonyl (C=O) groups is 1. The SMILES string of the molecule is CCc1ccc2oc(C(=O)NC[C@H](c3ccc(Cl)cc3)N3CCCCC3)c(C)c2c1. The number of hydrogen-bond acceptors (Lipinski definition) is 3. The van der Waals surface area contributed by atoms with Crippen molar-refractivity contribution in [3.8, 4) is 0 Å². The highest BCUT2D eigenvalue weighted by Gasteiger charge is 2.24. The number of nitrogens with one attached hydrogen (secondary N) is 1. The summed E-state index contributed by atoms with van der Waals surface area (Å²) in [7, 11) is 0. The predicted octanol–water partition coefficient (Wildman–Crippen LogP) is 5.91. The van der Waals surface area contributed by atoms with E-state index in [1.807, 2.05) is 25.1 Å². The Morgan fingerprint density at radius 1 is 1.13 bits per heavy atom. The quantitative estimate of drug-likeness (QED) is 0.534. The first kappa shape index (κ1) is 21.0. The smallest absolute Gasteiger partial charge is 0.287 e. The zero-order chi connectivity index (χ0) is 21.1. The molecule has 0 saturated carbocycles. The summed E-state index contributed by atoms with van der Waals surface area (Å²) in [6.07, 6.45) is 4.62. The largest absolute Gasteiger partial charge is 0.451 e. The van der Waals surface area contributed by atoms with Crippen LogP contribution in [0.1, 0.15) is 59.5 Å². The Morgan fingerprint density at radius 2 is 1.87 bits per heavy atom. The van der Waals surface area contributed by atoms with Crippen LogP contribution in [0.3, 0.4) is 0 Å². The van der Waals surface area contributed by atoms with Crippen LogP contribution in [0.15, 0.2) is 46.9 Å². The molecule has 2 aromatic carbocycles. The summed E-state index contributed by atoms with van der Waals surface area (Å²) in [4.78, 5) is 15.5.